The number of ether oxygens (including phenoxy) is 3. The van der Waals surface area contributed by atoms with Gasteiger partial charge in [-0.15, -0.1) is 0 Å². The maximum absolute atomic E-state index is 5.52. The fraction of sp³-hybridized carbons (Fsp3) is 0.364. The molecule has 0 aromatic heterocycles. The first kappa shape index (κ1) is 19.4. The molecule has 1 fully saturated rings. The summed E-state index contributed by atoms with van der Waals surface area (Å²) in [6.45, 7) is 11.3. The Morgan fingerprint density at radius 3 is 1.88 bits per heavy atom. The maximum Gasteiger partial charge on any atom is 0.112 e. The quantitative estimate of drug-likeness (QED) is 0.512. The molecule has 1 aliphatic heterocycles. The van der Waals surface area contributed by atoms with Crippen molar-refractivity contribution in [1.82, 2.24) is 0 Å². The van der Waals surface area contributed by atoms with Gasteiger partial charge in [-0.25, -0.2) is 0 Å². The van der Waals surface area contributed by atoms with Gasteiger partial charge in [-0.3, -0.25) is 0 Å². The van der Waals surface area contributed by atoms with Crippen LogP contribution in [0.3, 0.4) is 0 Å². The molecule has 0 N–H and O–H groups in total. The molecule has 0 saturated carbocycles. The molecule has 0 spiro atoms. The third kappa shape index (κ3) is 8.64. The van der Waals surface area contributed by atoms with E-state index in [4.69, 9.17) is 14.2 Å². The molecule has 2 aromatic rings. The van der Waals surface area contributed by atoms with Crippen LogP contribution in [0.1, 0.15) is 25.0 Å². The fourth-order valence-corrected chi connectivity index (χ4v) is 2.08. The first-order valence-electron chi connectivity index (χ1n) is 8.59. The van der Waals surface area contributed by atoms with Crippen molar-refractivity contribution in [2.24, 2.45) is 0 Å². The Morgan fingerprint density at radius 2 is 1.44 bits per heavy atom. The molecule has 1 aliphatic rings. The van der Waals surface area contributed by atoms with Gasteiger partial charge in [0.2, 0.25) is 0 Å². The number of epoxide rings is 1. The molecular weight excluding hydrogens is 312 g/mol. The van der Waals surface area contributed by atoms with Crippen LogP contribution in [0.4, 0.5) is 0 Å². The van der Waals surface area contributed by atoms with E-state index < -0.39 is 0 Å². The van der Waals surface area contributed by atoms with Gasteiger partial charge < -0.3 is 14.2 Å². The SMILES string of the molecule is C=C(C)COCc1ccccc1.CC1(COCc2ccccc2)CO1. The summed E-state index contributed by atoms with van der Waals surface area (Å²) < 4.78 is 16.1. The van der Waals surface area contributed by atoms with Gasteiger partial charge in [0.05, 0.1) is 33.0 Å². The third-order valence-corrected chi connectivity index (χ3v) is 3.62. The fourth-order valence-electron chi connectivity index (χ4n) is 2.08. The molecule has 3 rings (SSSR count). The number of hydrogen-bond donors (Lipinski definition) is 0. The monoisotopic (exact) mass is 340 g/mol. The van der Waals surface area contributed by atoms with Crippen LogP contribution >= 0.6 is 0 Å². The van der Waals surface area contributed by atoms with Gasteiger partial charge in [0.25, 0.3) is 0 Å². The highest BCUT2D eigenvalue weighted by atomic mass is 16.6. The van der Waals surface area contributed by atoms with Crippen molar-refractivity contribution in [2.45, 2.75) is 32.7 Å². The molecule has 1 unspecified atom stereocenters. The van der Waals surface area contributed by atoms with Crippen molar-refractivity contribution in [1.29, 1.82) is 0 Å². The van der Waals surface area contributed by atoms with E-state index in [2.05, 4.69) is 37.8 Å². The Labute approximate surface area is 151 Å². The molecule has 0 amide bonds. The summed E-state index contributed by atoms with van der Waals surface area (Å²) >= 11 is 0. The van der Waals surface area contributed by atoms with Crippen LogP contribution in [-0.4, -0.2) is 25.4 Å². The summed E-state index contributed by atoms with van der Waals surface area (Å²) in [5.41, 5.74) is 3.49. The Bertz CT molecular complexity index is 618. The van der Waals surface area contributed by atoms with Crippen LogP contribution in [-0.2, 0) is 27.4 Å². The normalized spacial score (nSPS) is 18.2. The molecule has 3 heteroatoms. The van der Waals surface area contributed by atoms with Crippen molar-refractivity contribution in [3.05, 3.63) is 83.9 Å². The summed E-state index contributed by atoms with van der Waals surface area (Å²) in [5, 5.41) is 0. The summed E-state index contributed by atoms with van der Waals surface area (Å²) in [4.78, 5) is 0. The van der Waals surface area contributed by atoms with Crippen LogP contribution < -0.4 is 0 Å². The highest BCUT2D eigenvalue weighted by molar-refractivity contribution is 5.14. The molecule has 0 radical (unpaired) electrons. The molecular formula is C22H28O3. The second-order valence-electron chi connectivity index (χ2n) is 6.65. The van der Waals surface area contributed by atoms with E-state index in [1.807, 2.05) is 43.3 Å². The molecule has 1 heterocycles. The van der Waals surface area contributed by atoms with Crippen molar-refractivity contribution >= 4 is 0 Å². The molecule has 0 aliphatic carbocycles. The van der Waals surface area contributed by atoms with Crippen LogP contribution in [0.15, 0.2) is 72.8 Å². The zero-order chi connectivity index (χ0) is 18.0. The minimum absolute atomic E-state index is 0.00871. The second-order valence-corrected chi connectivity index (χ2v) is 6.65. The van der Waals surface area contributed by atoms with E-state index in [-0.39, 0.29) is 5.60 Å². The van der Waals surface area contributed by atoms with Crippen LogP contribution in [0.25, 0.3) is 0 Å². The van der Waals surface area contributed by atoms with Crippen LogP contribution in [0.2, 0.25) is 0 Å². The minimum Gasteiger partial charge on any atom is -0.374 e. The number of benzene rings is 2. The van der Waals surface area contributed by atoms with Gasteiger partial charge in [-0.2, -0.15) is 0 Å². The van der Waals surface area contributed by atoms with Gasteiger partial charge >= 0.3 is 0 Å². The van der Waals surface area contributed by atoms with Gasteiger partial charge in [-0.1, -0.05) is 72.8 Å². The molecule has 25 heavy (non-hydrogen) atoms. The molecule has 1 atom stereocenters. The average molecular weight is 340 g/mol. The second kappa shape index (κ2) is 10.1. The Kier molecular flexibility index (Phi) is 7.86. The van der Waals surface area contributed by atoms with Crippen molar-refractivity contribution in [3.63, 3.8) is 0 Å². The Hall–Kier alpha value is -1.94. The summed E-state index contributed by atoms with van der Waals surface area (Å²) in [5.74, 6) is 0. The van der Waals surface area contributed by atoms with E-state index >= 15 is 0 Å². The lowest BCUT2D eigenvalue weighted by Gasteiger charge is -2.06. The maximum atomic E-state index is 5.52. The Balaban J connectivity index is 0.000000181. The molecule has 3 nitrogen and oxygen atoms in total. The highest BCUT2D eigenvalue weighted by Crippen LogP contribution is 2.26. The number of rotatable bonds is 8. The molecule has 0 bridgehead atoms. The van der Waals surface area contributed by atoms with Crippen molar-refractivity contribution in [2.75, 3.05) is 19.8 Å². The van der Waals surface area contributed by atoms with Crippen LogP contribution in [0.5, 0.6) is 0 Å². The minimum atomic E-state index is 0.00871. The standard InChI is InChI=1S/C11H14O2.C11H14O/c1-11(9-13-11)8-12-7-10-5-3-2-4-6-10;1-10(2)8-12-9-11-6-4-3-5-7-11/h2-6H,7-9H2,1H3;3-7H,1,8-9H2,2H3. The van der Waals surface area contributed by atoms with Gasteiger partial charge in [-0.05, 0) is 25.0 Å². The topological polar surface area (TPSA) is 31.0 Å². The largest absolute Gasteiger partial charge is 0.374 e. The van der Waals surface area contributed by atoms with E-state index in [1.165, 1.54) is 11.1 Å². The van der Waals surface area contributed by atoms with Gasteiger partial charge in [0, 0.05) is 0 Å². The van der Waals surface area contributed by atoms with Crippen molar-refractivity contribution in [3.8, 4) is 0 Å². The van der Waals surface area contributed by atoms with Gasteiger partial charge in [0.15, 0.2) is 0 Å². The smallest absolute Gasteiger partial charge is 0.112 e. The summed E-state index contributed by atoms with van der Waals surface area (Å²) in [6.07, 6.45) is 0. The lowest BCUT2D eigenvalue weighted by molar-refractivity contribution is 0.0742. The zero-order valence-electron chi connectivity index (χ0n) is 15.2. The summed E-state index contributed by atoms with van der Waals surface area (Å²) in [7, 11) is 0. The number of hydrogen-bond acceptors (Lipinski definition) is 3. The zero-order valence-corrected chi connectivity index (χ0v) is 15.2. The first-order valence-corrected chi connectivity index (χ1v) is 8.59. The molecule has 1 saturated heterocycles. The van der Waals surface area contributed by atoms with Crippen LogP contribution in [0, 0.1) is 0 Å². The molecule has 2 aromatic carbocycles. The highest BCUT2D eigenvalue weighted by Gasteiger charge is 2.39. The average Bonchev–Trinajstić information content (AvgIpc) is 3.35. The Morgan fingerprint density at radius 1 is 0.960 bits per heavy atom. The lowest BCUT2D eigenvalue weighted by atomic mass is 10.2. The molecule has 134 valence electrons. The van der Waals surface area contributed by atoms with Gasteiger partial charge in [0.1, 0.15) is 5.60 Å². The lowest BCUT2D eigenvalue weighted by Crippen LogP contribution is -2.14. The van der Waals surface area contributed by atoms with E-state index in [0.717, 1.165) is 12.2 Å². The third-order valence-electron chi connectivity index (χ3n) is 3.62. The predicted octanol–water partition coefficient (Wildman–Crippen LogP) is 4.77. The first-order chi connectivity index (χ1) is 12.1. The van der Waals surface area contributed by atoms with Crippen molar-refractivity contribution < 1.29 is 14.2 Å². The van der Waals surface area contributed by atoms with E-state index in [0.29, 0.717) is 26.4 Å². The van der Waals surface area contributed by atoms with E-state index in [9.17, 15) is 0 Å². The predicted molar refractivity (Wildman–Crippen MR) is 101 cm³/mol. The van der Waals surface area contributed by atoms with E-state index in [1.54, 1.807) is 0 Å². The summed E-state index contributed by atoms with van der Waals surface area (Å²) in [6, 6.07) is 20.3.